The number of rotatable bonds is 6. The molecule has 0 aliphatic carbocycles. The Hall–Kier alpha value is -2.20. The largest absolute Gasteiger partial charge is 0.348 e. The van der Waals surface area contributed by atoms with Crippen LogP contribution in [0.25, 0.3) is 0 Å². The molecule has 24 heavy (non-hydrogen) atoms. The van der Waals surface area contributed by atoms with E-state index in [1.54, 1.807) is 24.5 Å². The van der Waals surface area contributed by atoms with Gasteiger partial charge in [-0.1, -0.05) is 30.3 Å². The van der Waals surface area contributed by atoms with Crippen LogP contribution in [0, 0.1) is 0 Å². The smallest absolute Gasteiger partial charge is 0.251 e. The molecule has 1 N–H and O–H groups in total. The van der Waals surface area contributed by atoms with Crippen LogP contribution in [0.4, 0.5) is 0 Å². The summed E-state index contributed by atoms with van der Waals surface area (Å²) in [6.07, 6.45) is 7.80. The number of aromatic nitrogens is 1. The van der Waals surface area contributed by atoms with E-state index in [2.05, 4.69) is 45.5 Å². The van der Waals surface area contributed by atoms with Gasteiger partial charge >= 0.3 is 0 Å². The molecule has 4 nitrogen and oxygen atoms in total. The molecule has 126 valence electrons. The first kappa shape index (κ1) is 16.7. The molecule has 1 saturated heterocycles. The number of likely N-dealkylation sites (tertiary alicyclic amines) is 1. The Morgan fingerprint density at radius 2 is 1.96 bits per heavy atom. The molecule has 1 aromatic heterocycles. The number of nitrogens with zero attached hydrogens (tertiary/aromatic N) is 2. The summed E-state index contributed by atoms with van der Waals surface area (Å²) in [5, 5.41) is 3.16. The molecule has 2 aromatic rings. The molecule has 0 spiro atoms. The van der Waals surface area contributed by atoms with Gasteiger partial charge in [0.05, 0.1) is 0 Å². The van der Waals surface area contributed by atoms with E-state index >= 15 is 0 Å². The first-order valence-corrected chi connectivity index (χ1v) is 8.78. The number of nitrogens with one attached hydrogen (secondary N) is 1. The normalized spacial score (nSPS) is 18.2. The van der Waals surface area contributed by atoms with Crippen LogP contribution in [0.1, 0.15) is 35.2 Å². The molecule has 1 aliphatic rings. The van der Waals surface area contributed by atoms with Crippen molar-refractivity contribution < 1.29 is 4.79 Å². The summed E-state index contributed by atoms with van der Waals surface area (Å²) in [4.78, 5) is 18.7. The fourth-order valence-corrected chi connectivity index (χ4v) is 3.30. The number of hydrogen-bond donors (Lipinski definition) is 1. The van der Waals surface area contributed by atoms with Crippen LogP contribution >= 0.6 is 0 Å². The van der Waals surface area contributed by atoms with Crippen LogP contribution in [0.3, 0.4) is 0 Å². The molecule has 1 fully saturated rings. The molecule has 1 aromatic carbocycles. The van der Waals surface area contributed by atoms with Gasteiger partial charge in [0, 0.05) is 30.5 Å². The van der Waals surface area contributed by atoms with Crippen LogP contribution < -0.4 is 5.32 Å². The Labute approximate surface area is 143 Å². The maximum absolute atomic E-state index is 12.3. The quantitative estimate of drug-likeness (QED) is 0.889. The summed E-state index contributed by atoms with van der Waals surface area (Å²) in [5.41, 5.74) is 2.09. The Bertz CT molecular complexity index is 630. The number of piperidine rings is 1. The minimum atomic E-state index is 0.00790. The number of benzene rings is 1. The summed E-state index contributed by atoms with van der Waals surface area (Å²) >= 11 is 0. The Morgan fingerprint density at radius 3 is 2.75 bits per heavy atom. The summed E-state index contributed by atoms with van der Waals surface area (Å²) in [5.74, 6) is 0.00790. The fraction of sp³-hybridized carbons (Fsp3) is 0.400. The minimum Gasteiger partial charge on any atom is -0.348 e. The monoisotopic (exact) mass is 323 g/mol. The van der Waals surface area contributed by atoms with Crippen molar-refractivity contribution in [2.45, 2.75) is 31.7 Å². The van der Waals surface area contributed by atoms with E-state index in [1.165, 1.54) is 5.56 Å². The van der Waals surface area contributed by atoms with Crippen molar-refractivity contribution in [3.05, 3.63) is 66.0 Å². The van der Waals surface area contributed by atoms with Crippen molar-refractivity contribution in [3.63, 3.8) is 0 Å². The molecule has 1 atom stereocenters. The highest BCUT2D eigenvalue weighted by molar-refractivity contribution is 5.94. The second-order valence-electron chi connectivity index (χ2n) is 6.44. The molecular formula is C20H25N3O. The van der Waals surface area contributed by atoms with Gasteiger partial charge in [0.25, 0.3) is 5.91 Å². The second kappa shape index (κ2) is 8.60. The zero-order chi connectivity index (χ0) is 16.6. The molecule has 2 heterocycles. The highest BCUT2D eigenvalue weighted by atomic mass is 16.1. The molecular weight excluding hydrogens is 298 g/mol. The van der Waals surface area contributed by atoms with E-state index in [-0.39, 0.29) is 11.9 Å². The minimum absolute atomic E-state index is 0.00790. The highest BCUT2D eigenvalue weighted by Crippen LogP contribution is 2.12. The first-order valence-electron chi connectivity index (χ1n) is 8.78. The average Bonchev–Trinajstić information content (AvgIpc) is 2.64. The summed E-state index contributed by atoms with van der Waals surface area (Å²) in [6, 6.07) is 14.4. The van der Waals surface area contributed by atoms with Gasteiger partial charge in [0.2, 0.25) is 0 Å². The van der Waals surface area contributed by atoms with Crippen molar-refractivity contribution in [3.8, 4) is 0 Å². The zero-order valence-corrected chi connectivity index (χ0v) is 14.0. The van der Waals surface area contributed by atoms with Gasteiger partial charge in [-0.2, -0.15) is 0 Å². The van der Waals surface area contributed by atoms with Crippen LogP contribution in [-0.4, -0.2) is 41.5 Å². The standard InChI is InChI=1S/C20H25N3O/c24-20(18-10-12-21-13-11-18)22-19-9-5-15-23(16-19)14-4-8-17-6-2-1-3-7-17/h1-3,6-7,10-13,19H,4-5,8-9,14-16H2,(H,22,24)/t19-/m1/s1. The lowest BCUT2D eigenvalue weighted by Gasteiger charge is -2.33. The predicted octanol–water partition coefficient (Wildman–Crippen LogP) is 2.91. The van der Waals surface area contributed by atoms with Gasteiger partial charge in [-0.25, -0.2) is 0 Å². The fourth-order valence-electron chi connectivity index (χ4n) is 3.30. The van der Waals surface area contributed by atoms with E-state index in [9.17, 15) is 4.79 Å². The lowest BCUT2D eigenvalue weighted by Crippen LogP contribution is -2.47. The van der Waals surface area contributed by atoms with E-state index in [0.717, 1.165) is 45.3 Å². The van der Waals surface area contributed by atoms with Crippen LogP contribution in [-0.2, 0) is 6.42 Å². The molecule has 1 amide bonds. The van der Waals surface area contributed by atoms with Crippen molar-refractivity contribution in [1.82, 2.24) is 15.2 Å². The highest BCUT2D eigenvalue weighted by Gasteiger charge is 2.21. The SMILES string of the molecule is O=C(N[C@@H]1CCCN(CCCc2ccccc2)C1)c1ccncc1. The van der Waals surface area contributed by atoms with Crippen molar-refractivity contribution in [2.75, 3.05) is 19.6 Å². The lowest BCUT2D eigenvalue weighted by molar-refractivity contribution is 0.0903. The average molecular weight is 323 g/mol. The molecule has 0 radical (unpaired) electrons. The van der Waals surface area contributed by atoms with Crippen LogP contribution in [0.15, 0.2) is 54.9 Å². The number of pyridine rings is 1. The van der Waals surface area contributed by atoms with Crippen LogP contribution in [0.5, 0.6) is 0 Å². The van der Waals surface area contributed by atoms with Gasteiger partial charge in [-0.05, 0) is 56.5 Å². The van der Waals surface area contributed by atoms with Gasteiger partial charge < -0.3 is 10.2 Å². The number of hydrogen-bond acceptors (Lipinski definition) is 3. The number of amides is 1. The Morgan fingerprint density at radius 1 is 1.17 bits per heavy atom. The van der Waals surface area contributed by atoms with E-state index in [0.29, 0.717) is 5.56 Å². The van der Waals surface area contributed by atoms with E-state index in [1.807, 2.05) is 0 Å². The molecule has 0 bridgehead atoms. The van der Waals surface area contributed by atoms with Gasteiger partial charge in [-0.15, -0.1) is 0 Å². The topological polar surface area (TPSA) is 45.2 Å². The van der Waals surface area contributed by atoms with Crippen molar-refractivity contribution in [2.24, 2.45) is 0 Å². The lowest BCUT2D eigenvalue weighted by atomic mass is 10.0. The third-order valence-corrected chi connectivity index (χ3v) is 4.57. The Kier molecular flexibility index (Phi) is 5.96. The van der Waals surface area contributed by atoms with E-state index < -0.39 is 0 Å². The maximum Gasteiger partial charge on any atom is 0.251 e. The zero-order valence-electron chi connectivity index (χ0n) is 14.0. The number of carbonyl (C=O) groups excluding carboxylic acids is 1. The van der Waals surface area contributed by atoms with Gasteiger partial charge in [-0.3, -0.25) is 9.78 Å². The van der Waals surface area contributed by atoms with Gasteiger partial charge in [0.15, 0.2) is 0 Å². The molecule has 0 saturated carbocycles. The van der Waals surface area contributed by atoms with Gasteiger partial charge in [0.1, 0.15) is 0 Å². The second-order valence-corrected chi connectivity index (χ2v) is 6.44. The summed E-state index contributed by atoms with van der Waals surface area (Å²) in [7, 11) is 0. The van der Waals surface area contributed by atoms with Crippen molar-refractivity contribution >= 4 is 5.91 Å². The third-order valence-electron chi connectivity index (χ3n) is 4.57. The first-order chi connectivity index (χ1) is 11.8. The van der Waals surface area contributed by atoms with Crippen molar-refractivity contribution in [1.29, 1.82) is 0 Å². The third kappa shape index (κ3) is 4.90. The summed E-state index contributed by atoms with van der Waals surface area (Å²) in [6.45, 7) is 3.18. The van der Waals surface area contributed by atoms with Crippen LogP contribution in [0.2, 0.25) is 0 Å². The number of aryl methyl sites for hydroxylation is 1. The molecule has 3 rings (SSSR count). The molecule has 0 unspecified atom stereocenters. The summed E-state index contributed by atoms with van der Waals surface area (Å²) < 4.78 is 0. The predicted molar refractivity (Wildman–Crippen MR) is 95.9 cm³/mol. The number of carbonyl (C=O) groups is 1. The molecule has 1 aliphatic heterocycles. The van der Waals surface area contributed by atoms with E-state index in [4.69, 9.17) is 0 Å². The maximum atomic E-state index is 12.3. The Balaban J connectivity index is 1.43. The molecule has 4 heteroatoms.